The molecule has 3 aliphatic rings. The molecule has 6 nitrogen and oxygen atoms in total. The lowest BCUT2D eigenvalue weighted by atomic mass is 10.1. The zero-order valence-corrected chi connectivity index (χ0v) is 12.6. The summed E-state index contributed by atoms with van der Waals surface area (Å²) in [5.41, 5.74) is 0. The lowest BCUT2D eigenvalue weighted by molar-refractivity contribution is -0.143. The van der Waals surface area contributed by atoms with E-state index in [2.05, 4.69) is 5.32 Å². The van der Waals surface area contributed by atoms with E-state index in [4.69, 9.17) is 14.2 Å². The van der Waals surface area contributed by atoms with E-state index < -0.39 is 0 Å². The predicted molar refractivity (Wildman–Crippen MR) is 77.1 cm³/mol. The minimum absolute atomic E-state index is 0.0448. The molecule has 1 amide bonds. The fraction of sp³-hybridized carbons (Fsp3) is 0.933. The quantitative estimate of drug-likeness (QED) is 0.783. The van der Waals surface area contributed by atoms with E-state index in [1.165, 1.54) is 0 Å². The number of nitrogens with zero attached hydrogens (tertiary/aromatic N) is 1. The molecule has 0 saturated carbocycles. The average Bonchev–Trinajstić information content (AvgIpc) is 3.21. The number of amides is 1. The molecule has 0 aliphatic carbocycles. The number of carbonyl (C=O) groups excluding carboxylic acids is 1. The van der Waals surface area contributed by atoms with E-state index in [0.29, 0.717) is 26.2 Å². The Hall–Kier alpha value is -0.690. The molecule has 3 rings (SSSR count). The Morgan fingerprint density at radius 1 is 1.05 bits per heavy atom. The summed E-state index contributed by atoms with van der Waals surface area (Å²) in [5, 5.41) is 3.22. The van der Waals surface area contributed by atoms with Gasteiger partial charge in [0.25, 0.3) is 0 Å². The van der Waals surface area contributed by atoms with Crippen molar-refractivity contribution in [2.45, 2.75) is 44.0 Å². The molecule has 0 aromatic rings. The zero-order valence-electron chi connectivity index (χ0n) is 12.6. The van der Waals surface area contributed by atoms with Crippen LogP contribution in [0.25, 0.3) is 0 Å². The number of hydrogen-bond donors (Lipinski definition) is 1. The molecule has 0 unspecified atom stereocenters. The molecule has 6 heteroatoms. The van der Waals surface area contributed by atoms with Crippen molar-refractivity contribution in [3.63, 3.8) is 0 Å². The largest absolute Gasteiger partial charge is 0.377 e. The van der Waals surface area contributed by atoms with Gasteiger partial charge in [-0.1, -0.05) is 0 Å². The second-order valence-corrected chi connectivity index (χ2v) is 6.07. The maximum Gasteiger partial charge on any atom is 0.236 e. The molecule has 0 aromatic heterocycles. The van der Waals surface area contributed by atoms with Crippen LogP contribution in [0.3, 0.4) is 0 Å². The summed E-state index contributed by atoms with van der Waals surface area (Å²) >= 11 is 0. The molecule has 3 aliphatic heterocycles. The number of carbonyl (C=O) groups is 1. The lowest BCUT2D eigenvalue weighted by Gasteiger charge is -2.35. The van der Waals surface area contributed by atoms with Crippen molar-refractivity contribution in [3.8, 4) is 0 Å². The van der Waals surface area contributed by atoms with Crippen LogP contribution in [-0.4, -0.2) is 75.1 Å². The first kappa shape index (κ1) is 15.2. The van der Waals surface area contributed by atoms with Gasteiger partial charge in [0.15, 0.2) is 0 Å². The van der Waals surface area contributed by atoms with Crippen LogP contribution in [-0.2, 0) is 19.0 Å². The van der Waals surface area contributed by atoms with Crippen molar-refractivity contribution < 1.29 is 19.0 Å². The Morgan fingerprint density at radius 2 is 1.86 bits per heavy atom. The Labute approximate surface area is 126 Å². The van der Waals surface area contributed by atoms with Gasteiger partial charge in [0.05, 0.1) is 25.4 Å². The molecule has 3 atom stereocenters. The van der Waals surface area contributed by atoms with Crippen molar-refractivity contribution in [1.82, 2.24) is 10.2 Å². The maximum atomic E-state index is 12.3. The van der Waals surface area contributed by atoms with Gasteiger partial charge in [-0.2, -0.15) is 0 Å². The van der Waals surface area contributed by atoms with E-state index in [0.717, 1.165) is 45.4 Å². The molecule has 120 valence electrons. The normalized spacial score (nSPS) is 33.5. The minimum Gasteiger partial charge on any atom is -0.377 e. The number of morpholine rings is 1. The van der Waals surface area contributed by atoms with Gasteiger partial charge in [0.1, 0.15) is 6.10 Å². The van der Waals surface area contributed by atoms with Gasteiger partial charge in [-0.25, -0.2) is 0 Å². The summed E-state index contributed by atoms with van der Waals surface area (Å²) in [5.74, 6) is 0.152. The summed E-state index contributed by atoms with van der Waals surface area (Å²) in [6.07, 6.45) is 4.86. The monoisotopic (exact) mass is 298 g/mol. The van der Waals surface area contributed by atoms with Crippen molar-refractivity contribution in [2.75, 3.05) is 46.0 Å². The van der Waals surface area contributed by atoms with Gasteiger partial charge in [-0.3, -0.25) is 4.79 Å². The Kier molecular flexibility index (Phi) is 5.46. The first-order valence-corrected chi connectivity index (χ1v) is 8.16. The minimum atomic E-state index is 0.0448. The van der Waals surface area contributed by atoms with Crippen LogP contribution in [0.4, 0.5) is 0 Å². The van der Waals surface area contributed by atoms with Gasteiger partial charge >= 0.3 is 0 Å². The third-order valence-corrected chi connectivity index (χ3v) is 4.50. The fourth-order valence-electron chi connectivity index (χ4n) is 3.28. The second kappa shape index (κ2) is 7.54. The van der Waals surface area contributed by atoms with E-state index >= 15 is 0 Å². The lowest BCUT2D eigenvalue weighted by Crippen LogP contribution is -2.52. The van der Waals surface area contributed by atoms with Crippen molar-refractivity contribution >= 4 is 5.91 Å². The third-order valence-electron chi connectivity index (χ3n) is 4.50. The summed E-state index contributed by atoms with van der Waals surface area (Å²) in [7, 11) is 0. The zero-order chi connectivity index (χ0) is 14.5. The number of ether oxygens (including phenoxy) is 3. The Bertz CT molecular complexity index is 341. The highest BCUT2D eigenvalue weighted by molar-refractivity contribution is 5.78. The second-order valence-electron chi connectivity index (χ2n) is 6.07. The highest BCUT2D eigenvalue weighted by Crippen LogP contribution is 2.21. The maximum absolute atomic E-state index is 12.3. The Balaban J connectivity index is 1.38. The van der Waals surface area contributed by atoms with E-state index in [1.54, 1.807) is 0 Å². The van der Waals surface area contributed by atoms with Crippen molar-refractivity contribution in [3.05, 3.63) is 0 Å². The first-order valence-electron chi connectivity index (χ1n) is 8.16. The number of hydrogen-bond acceptors (Lipinski definition) is 5. The van der Waals surface area contributed by atoms with Gasteiger partial charge in [0, 0.05) is 32.8 Å². The molecular weight excluding hydrogens is 272 g/mol. The summed E-state index contributed by atoms with van der Waals surface area (Å²) in [4.78, 5) is 14.2. The fourth-order valence-corrected chi connectivity index (χ4v) is 3.28. The summed E-state index contributed by atoms with van der Waals surface area (Å²) < 4.78 is 17.0. The smallest absolute Gasteiger partial charge is 0.236 e. The van der Waals surface area contributed by atoms with Crippen LogP contribution in [0.1, 0.15) is 25.7 Å². The molecule has 3 fully saturated rings. The average molecular weight is 298 g/mol. The molecule has 0 bridgehead atoms. The van der Waals surface area contributed by atoms with Crippen molar-refractivity contribution in [2.24, 2.45) is 0 Å². The molecule has 0 radical (unpaired) electrons. The van der Waals surface area contributed by atoms with Crippen LogP contribution in [0.2, 0.25) is 0 Å². The Morgan fingerprint density at radius 3 is 2.62 bits per heavy atom. The topological polar surface area (TPSA) is 60.0 Å². The van der Waals surface area contributed by atoms with Crippen LogP contribution >= 0.6 is 0 Å². The van der Waals surface area contributed by atoms with Crippen LogP contribution < -0.4 is 5.32 Å². The third kappa shape index (κ3) is 4.16. The highest BCUT2D eigenvalue weighted by Gasteiger charge is 2.32. The van der Waals surface area contributed by atoms with Crippen LogP contribution in [0.15, 0.2) is 0 Å². The first-order chi connectivity index (χ1) is 10.3. The molecule has 0 spiro atoms. The van der Waals surface area contributed by atoms with E-state index in [-0.39, 0.29) is 24.2 Å². The van der Waals surface area contributed by atoms with Gasteiger partial charge < -0.3 is 24.4 Å². The van der Waals surface area contributed by atoms with E-state index in [1.807, 2.05) is 4.90 Å². The van der Waals surface area contributed by atoms with E-state index in [9.17, 15) is 4.79 Å². The molecule has 0 aromatic carbocycles. The highest BCUT2D eigenvalue weighted by atomic mass is 16.5. The van der Waals surface area contributed by atoms with Crippen molar-refractivity contribution in [1.29, 1.82) is 0 Å². The standard InChI is InChI=1S/C15H26N2O4/c18-15(10-16-9-12-3-1-6-19-12)17-5-8-21-14(11-17)13-4-2-7-20-13/h12-14,16H,1-11H2/t12-,13+,14-/m0/s1. The SMILES string of the molecule is O=C(CNC[C@@H]1CCCO1)N1CCO[C@H]([C@H]2CCCO2)C1. The van der Waals surface area contributed by atoms with Crippen LogP contribution in [0.5, 0.6) is 0 Å². The van der Waals surface area contributed by atoms with Crippen LogP contribution in [0, 0.1) is 0 Å². The van der Waals surface area contributed by atoms with Gasteiger partial charge in [-0.05, 0) is 25.7 Å². The summed E-state index contributed by atoms with van der Waals surface area (Å²) in [6, 6.07) is 0. The number of rotatable bonds is 5. The summed E-state index contributed by atoms with van der Waals surface area (Å²) in [6.45, 7) is 4.79. The predicted octanol–water partition coefficient (Wildman–Crippen LogP) is 0.161. The van der Waals surface area contributed by atoms with Gasteiger partial charge in [-0.15, -0.1) is 0 Å². The van der Waals surface area contributed by atoms with Gasteiger partial charge in [0.2, 0.25) is 5.91 Å². The molecular formula is C15H26N2O4. The number of nitrogens with one attached hydrogen (secondary N) is 1. The molecule has 21 heavy (non-hydrogen) atoms. The molecule has 3 saturated heterocycles. The molecule has 1 N–H and O–H groups in total. The molecule has 3 heterocycles.